The van der Waals surface area contributed by atoms with Crippen molar-refractivity contribution in [3.05, 3.63) is 41.5 Å². The van der Waals surface area contributed by atoms with E-state index in [1.807, 2.05) is 24.3 Å². The smallest absolute Gasteiger partial charge is 0.303 e. The van der Waals surface area contributed by atoms with Crippen LogP contribution in [-0.2, 0) is 16.0 Å². The van der Waals surface area contributed by atoms with Gasteiger partial charge in [0.1, 0.15) is 6.29 Å². The van der Waals surface area contributed by atoms with Crippen molar-refractivity contribution in [2.45, 2.75) is 12.8 Å². The molecule has 15 heavy (non-hydrogen) atoms. The van der Waals surface area contributed by atoms with E-state index in [1.165, 1.54) is 6.08 Å². The lowest BCUT2D eigenvalue weighted by molar-refractivity contribution is -0.136. The third-order valence-electron chi connectivity index (χ3n) is 1.97. The number of aliphatic carboxylic acids is 1. The molecule has 1 N–H and O–H groups in total. The number of aryl methyl sites for hydroxylation is 1. The first-order valence-corrected chi connectivity index (χ1v) is 4.65. The third-order valence-corrected chi connectivity index (χ3v) is 1.97. The van der Waals surface area contributed by atoms with E-state index in [0.717, 1.165) is 17.4 Å². The van der Waals surface area contributed by atoms with Crippen LogP contribution >= 0.6 is 0 Å². The SMILES string of the molecule is O=CC=Cc1ccc(CCC(=O)O)cc1. The first-order valence-electron chi connectivity index (χ1n) is 4.65. The molecule has 1 rings (SSSR count). The van der Waals surface area contributed by atoms with E-state index >= 15 is 0 Å². The van der Waals surface area contributed by atoms with Crippen molar-refractivity contribution in [3.8, 4) is 0 Å². The molecule has 0 heterocycles. The molecule has 1 aromatic rings. The Morgan fingerprint density at radius 2 is 1.93 bits per heavy atom. The highest BCUT2D eigenvalue weighted by atomic mass is 16.4. The first kappa shape index (κ1) is 11.2. The second-order valence-corrected chi connectivity index (χ2v) is 3.13. The van der Waals surface area contributed by atoms with Crippen molar-refractivity contribution < 1.29 is 14.7 Å². The zero-order valence-electron chi connectivity index (χ0n) is 8.22. The molecule has 3 heteroatoms. The predicted molar refractivity (Wildman–Crippen MR) is 57.5 cm³/mol. The van der Waals surface area contributed by atoms with Gasteiger partial charge in [0.25, 0.3) is 0 Å². The van der Waals surface area contributed by atoms with Gasteiger partial charge < -0.3 is 5.11 Å². The highest BCUT2D eigenvalue weighted by Crippen LogP contribution is 2.07. The highest BCUT2D eigenvalue weighted by molar-refractivity contribution is 5.73. The van der Waals surface area contributed by atoms with Crippen molar-refractivity contribution in [1.29, 1.82) is 0 Å². The average molecular weight is 204 g/mol. The number of carboxylic acids is 1. The molecule has 0 fully saturated rings. The average Bonchev–Trinajstić information content (AvgIpc) is 2.25. The van der Waals surface area contributed by atoms with Crippen LogP contribution in [0, 0.1) is 0 Å². The summed E-state index contributed by atoms with van der Waals surface area (Å²) in [6.07, 6.45) is 4.52. The summed E-state index contributed by atoms with van der Waals surface area (Å²) >= 11 is 0. The Balaban J connectivity index is 2.59. The van der Waals surface area contributed by atoms with Gasteiger partial charge in [-0.2, -0.15) is 0 Å². The van der Waals surface area contributed by atoms with Gasteiger partial charge in [-0.25, -0.2) is 0 Å². The molecular weight excluding hydrogens is 192 g/mol. The molecule has 0 bridgehead atoms. The van der Waals surface area contributed by atoms with Crippen molar-refractivity contribution in [2.24, 2.45) is 0 Å². The van der Waals surface area contributed by atoms with E-state index in [-0.39, 0.29) is 6.42 Å². The summed E-state index contributed by atoms with van der Waals surface area (Å²) in [6.45, 7) is 0. The van der Waals surface area contributed by atoms with Crippen molar-refractivity contribution in [2.75, 3.05) is 0 Å². The quantitative estimate of drug-likeness (QED) is 0.588. The lowest BCUT2D eigenvalue weighted by atomic mass is 10.1. The summed E-state index contributed by atoms with van der Waals surface area (Å²) in [4.78, 5) is 20.4. The largest absolute Gasteiger partial charge is 0.481 e. The van der Waals surface area contributed by atoms with Crippen LogP contribution in [0.25, 0.3) is 6.08 Å². The van der Waals surface area contributed by atoms with Crippen LogP contribution in [-0.4, -0.2) is 17.4 Å². The molecule has 1 aromatic carbocycles. The molecule has 0 amide bonds. The lowest BCUT2D eigenvalue weighted by Crippen LogP contribution is -1.97. The Hall–Kier alpha value is -1.90. The van der Waals surface area contributed by atoms with Crippen molar-refractivity contribution in [3.63, 3.8) is 0 Å². The Morgan fingerprint density at radius 1 is 1.27 bits per heavy atom. The van der Waals surface area contributed by atoms with Crippen LogP contribution in [0.2, 0.25) is 0 Å². The molecule has 0 aliphatic rings. The van der Waals surface area contributed by atoms with Crippen molar-refractivity contribution in [1.82, 2.24) is 0 Å². The normalized spacial score (nSPS) is 10.4. The van der Waals surface area contributed by atoms with Gasteiger partial charge in [-0.3, -0.25) is 9.59 Å². The maximum Gasteiger partial charge on any atom is 0.303 e. The highest BCUT2D eigenvalue weighted by Gasteiger charge is 1.98. The molecule has 3 nitrogen and oxygen atoms in total. The summed E-state index contributed by atoms with van der Waals surface area (Å²) in [5.41, 5.74) is 1.92. The summed E-state index contributed by atoms with van der Waals surface area (Å²) in [7, 11) is 0. The number of carbonyl (C=O) groups excluding carboxylic acids is 1. The number of hydrogen-bond donors (Lipinski definition) is 1. The molecule has 78 valence electrons. The Labute approximate surface area is 88.0 Å². The molecule has 0 unspecified atom stereocenters. The molecule has 0 spiro atoms. The number of benzene rings is 1. The molecule has 0 saturated heterocycles. The zero-order valence-corrected chi connectivity index (χ0v) is 8.22. The van der Waals surface area contributed by atoms with Crippen molar-refractivity contribution >= 4 is 18.3 Å². The van der Waals surface area contributed by atoms with Gasteiger partial charge in [-0.05, 0) is 23.6 Å². The summed E-state index contributed by atoms with van der Waals surface area (Å²) < 4.78 is 0. The Bertz CT molecular complexity index is 363. The van der Waals surface area contributed by atoms with Gasteiger partial charge in [0.2, 0.25) is 0 Å². The minimum Gasteiger partial charge on any atom is -0.481 e. The van der Waals surface area contributed by atoms with Gasteiger partial charge in [0, 0.05) is 6.42 Å². The number of rotatable bonds is 5. The fourth-order valence-corrected chi connectivity index (χ4v) is 1.20. The number of allylic oxidation sites excluding steroid dienone is 1. The van der Waals surface area contributed by atoms with E-state index in [0.29, 0.717) is 6.42 Å². The predicted octanol–water partition coefficient (Wildman–Crippen LogP) is 1.92. The maximum absolute atomic E-state index is 10.3. The monoisotopic (exact) mass is 204 g/mol. The fourth-order valence-electron chi connectivity index (χ4n) is 1.20. The Morgan fingerprint density at radius 3 is 2.47 bits per heavy atom. The van der Waals surface area contributed by atoms with Gasteiger partial charge >= 0.3 is 5.97 Å². The number of aldehydes is 1. The van der Waals surface area contributed by atoms with Crippen LogP contribution in [0.5, 0.6) is 0 Å². The number of hydrogen-bond acceptors (Lipinski definition) is 2. The molecule has 0 aliphatic heterocycles. The van der Waals surface area contributed by atoms with Gasteiger partial charge in [0.05, 0.1) is 0 Å². The number of carboxylic acid groups (broad SMARTS) is 1. The van der Waals surface area contributed by atoms with Gasteiger partial charge in [0.15, 0.2) is 0 Å². The molecule has 0 aromatic heterocycles. The minimum absolute atomic E-state index is 0.142. The molecule has 0 aliphatic carbocycles. The summed E-state index contributed by atoms with van der Waals surface area (Å²) in [6, 6.07) is 7.45. The van der Waals surface area contributed by atoms with Gasteiger partial charge in [-0.1, -0.05) is 30.3 Å². The van der Waals surface area contributed by atoms with Crippen LogP contribution in [0.4, 0.5) is 0 Å². The van der Waals surface area contributed by atoms with Crippen LogP contribution in [0.15, 0.2) is 30.3 Å². The standard InChI is InChI=1S/C12H12O3/c13-9-1-2-10-3-5-11(6-4-10)7-8-12(14)15/h1-6,9H,7-8H2,(H,14,15). The van der Waals surface area contributed by atoms with Crippen LogP contribution in [0.3, 0.4) is 0 Å². The molecule has 0 saturated carbocycles. The van der Waals surface area contributed by atoms with Crippen LogP contribution in [0.1, 0.15) is 17.5 Å². The van der Waals surface area contributed by atoms with E-state index in [9.17, 15) is 9.59 Å². The third kappa shape index (κ3) is 4.22. The summed E-state index contributed by atoms with van der Waals surface area (Å²) in [5, 5.41) is 8.50. The maximum atomic E-state index is 10.3. The minimum atomic E-state index is -0.792. The second-order valence-electron chi connectivity index (χ2n) is 3.13. The van der Waals surface area contributed by atoms with Crippen LogP contribution < -0.4 is 0 Å². The topological polar surface area (TPSA) is 54.4 Å². The van der Waals surface area contributed by atoms with E-state index in [2.05, 4.69) is 0 Å². The fraction of sp³-hybridized carbons (Fsp3) is 0.167. The lowest BCUT2D eigenvalue weighted by Gasteiger charge is -1.99. The second kappa shape index (κ2) is 5.75. The molecular formula is C12H12O3. The zero-order chi connectivity index (χ0) is 11.1. The Kier molecular flexibility index (Phi) is 4.29. The van der Waals surface area contributed by atoms with E-state index in [4.69, 9.17) is 5.11 Å². The number of carbonyl (C=O) groups is 2. The first-order chi connectivity index (χ1) is 7.22. The molecule has 0 radical (unpaired) electrons. The van der Waals surface area contributed by atoms with E-state index < -0.39 is 5.97 Å². The van der Waals surface area contributed by atoms with E-state index in [1.54, 1.807) is 6.08 Å². The molecule has 0 atom stereocenters. The van der Waals surface area contributed by atoms with Gasteiger partial charge in [-0.15, -0.1) is 0 Å². The summed E-state index contributed by atoms with van der Waals surface area (Å²) in [5.74, 6) is -0.792.